The summed E-state index contributed by atoms with van der Waals surface area (Å²) in [6, 6.07) is 6.06. The molecule has 1 aliphatic heterocycles. The number of para-hydroxylation sites is 1. The van der Waals surface area contributed by atoms with Gasteiger partial charge in [0.05, 0.1) is 13.0 Å². The molecule has 0 bridgehead atoms. The van der Waals surface area contributed by atoms with Gasteiger partial charge in [0.1, 0.15) is 0 Å². The fourth-order valence-corrected chi connectivity index (χ4v) is 2.31. The van der Waals surface area contributed by atoms with E-state index in [1.807, 2.05) is 0 Å². The second kappa shape index (κ2) is 5.15. The average molecular weight is 287 g/mol. The molecule has 1 aromatic carbocycles. The van der Waals surface area contributed by atoms with Gasteiger partial charge in [-0.3, -0.25) is 9.59 Å². The van der Waals surface area contributed by atoms with Gasteiger partial charge in [0.2, 0.25) is 0 Å². The molecule has 0 aliphatic carbocycles. The second-order valence-electron chi connectivity index (χ2n) is 4.38. The van der Waals surface area contributed by atoms with Gasteiger partial charge in [-0.15, -0.1) is 0 Å². The molecule has 1 heterocycles. The predicted molar refractivity (Wildman–Crippen MR) is 64.2 cm³/mol. The number of ether oxygens (including phenoxy) is 1. The van der Waals surface area contributed by atoms with Gasteiger partial charge in [-0.25, -0.2) is 0 Å². The summed E-state index contributed by atoms with van der Waals surface area (Å²) >= 11 is 0. The summed E-state index contributed by atoms with van der Waals surface area (Å²) in [4.78, 5) is 23.7. The Morgan fingerprint density at radius 2 is 1.95 bits per heavy atom. The van der Waals surface area contributed by atoms with Crippen LogP contribution in [0.1, 0.15) is 17.9 Å². The number of nitrogens with zero attached hydrogens (tertiary/aromatic N) is 1. The second-order valence-corrected chi connectivity index (χ2v) is 4.38. The lowest BCUT2D eigenvalue weighted by atomic mass is 9.90. The third-order valence-corrected chi connectivity index (χ3v) is 3.22. The Hall–Kier alpha value is -2.05. The first-order chi connectivity index (χ1) is 9.36. The van der Waals surface area contributed by atoms with E-state index in [9.17, 15) is 22.8 Å². The van der Waals surface area contributed by atoms with Crippen molar-refractivity contribution in [2.75, 3.05) is 18.6 Å². The largest absolute Gasteiger partial charge is 0.471 e. The molecule has 0 aromatic heterocycles. The zero-order valence-corrected chi connectivity index (χ0v) is 10.6. The summed E-state index contributed by atoms with van der Waals surface area (Å²) in [5, 5.41) is 0. The van der Waals surface area contributed by atoms with Gasteiger partial charge in [-0.1, -0.05) is 18.2 Å². The van der Waals surface area contributed by atoms with Crippen molar-refractivity contribution >= 4 is 17.6 Å². The molecule has 7 heteroatoms. The van der Waals surface area contributed by atoms with Crippen molar-refractivity contribution in [1.29, 1.82) is 0 Å². The molecule has 1 atom stereocenters. The zero-order chi connectivity index (χ0) is 14.9. The molecule has 1 aliphatic rings. The van der Waals surface area contributed by atoms with Gasteiger partial charge in [0.25, 0.3) is 0 Å². The Morgan fingerprint density at radius 1 is 1.30 bits per heavy atom. The van der Waals surface area contributed by atoms with E-state index in [-0.39, 0.29) is 18.7 Å². The van der Waals surface area contributed by atoms with Crippen LogP contribution in [0.4, 0.5) is 18.9 Å². The van der Waals surface area contributed by atoms with E-state index in [1.165, 1.54) is 25.3 Å². The van der Waals surface area contributed by atoms with Crippen LogP contribution >= 0.6 is 0 Å². The van der Waals surface area contributed by atoms with Crippen molar-refractivity contribution in [3.8, 4) is 0 Å². The number of carbonyl (C=O) groups excluding carboxylic acids is 2. The lowest BCUT2D eigenvalue weighted by Crippen LogP contribution is -2.45. The Bertz CT molecular complexity index is 542. The molecule has 4 nitrogen and oxygen atoms in total. The topological polar surface area (TPSA) is 46.6 Å². The Kier molecular flexibility index (Phi) is 3.69. The van der Waals surface area contributed by atoms with E-state index in [2.05, 4.69) is 4.74 Å². The molecule has 0 fully saturated rings. The van der Waals surface area contributed by atoms with Gasteiger partial charge < -0.3 is 9.64 Å². The Labute approximate surface area is 113 Å². The van der Waals surface area contributed by atoms with Crippen LogP contribution in [0.2, 0.25) is 0 Å². The van der Waals surface area contributed by atoms with Crippen LogP contribution in [0.3, 0.4) is 0 Å². The molecule has 0 saturated heterocycles. The summed E-state index contributed by atoms with van der Waals surface area (Å²) in [7, 11) is 1.22. The van der Waals surface area contributed by atoms with Crippen LogP contribution in [-0.4, -0.2) is 31.7 Å². The van der Waals surface area contributed by atoms with Gasteiger partial charge in [0.15, 0.2) is 0 Å². The standard InChI is InChI=1S/C13H12F3NO3/c1-20-11(18)9-6-7-17(12(19)13(14,15)16)10-5-3-2-4-8(9)10/h2-5,9H,6-7H2,1H3. The van der Waals surface area contributed by atoms with Crippen molar-refractivity contribution in [2.45, 2.75) is 18.5 Å². The van der Waals surface area contributed by atoms with E-state index in [0.29, 0.717) is 10.5 Å². The minimum Gasteiger partial charge on any atom is -0.469 e. The van der Waals surface area contributed by atoms with E-state index in [0.717, 1.165) is 0 Å². The van der Waals surface area contributed by atoms with Gasteiger partial charge in [-0.2, -0.15) is 13.2 Å². The molecule has 0 N–H and O–H groups in total. The summed E-state index contributed by atoms with van der Waals surface area (Å²) in [5.41, 5.74) is 0.486. The number of benzene rings is 1. The monoisotopic (exact) mass is 287 g/mol. The third kappa shape index (κ3) is 2.48. The zero-order valence-electron chi connectivity index (χ0n) is 10.6. The van der Waals surface area contributed by atoms with Crippen molar-refractivity contribution in [2.24, 2.45) is 0 Å². The quantitative estimate of drug-likeness (QED) is 0.744. The molecule has 20 heavy (non-hydrogen) atoms. The fraction of sp³-hybridized carbons (Fsp3) is 0.385. The molecule has 0 radical (unpaired) electrons. The van der Waals surface area contributed by atoms with E-state index in [4.69, 9.17) is 0 Å². The molecular weight excluding hydrogens is 275 g/mol. The number of esters is 1. The lowest BCUT2D eigenvalue weighted by Gasteiger charge is -2.33. The number of hydrogen-bond donors (Lipinski definition) is 0. The number of hydrogen-bond acceptors (Lipinski definition) is 3. The number of alkyl halides is 3. The van der Waals surface area contributed by atoms with Gasteiger partial charge >= 0.3 is 18.1 Å². The van der Waals surface area contributed by atoms with Crippen molar-refractivity contribution < 1.29 is 27.5 Å². The molecule has 1 unspecified atom stereocenters. The van der Waals surface area contributed by atoms with E-state index < -0.39 is 24.0 Å². The van der Waals surface area contributed by atoms with Crippen LogP contribution in [0, 0.1) is 0 Å². The summed E-state index contributed by atoms with van der Waals surface area (Å²) in [5.74, 6) is -3.08. The minimum absolute atomic E-state index is 0.103. The lowest BCUT2D eigenvalue weighted by molar-refractivity contribution is -0.170. The molecule has 0 saturated carbocycles. The van der Waals surface area contributed by atoms with E-state index >= 15 is 0 Å². The van der Waals surface area contributed by atoms with Crippen LogP contribution in [0.15, 0.2) is 24.3 Å². The highest BCUT2D eigenvalue weighted by atomic mass is 19.4. The maximum absolute atomic E-state index is 12.6. The van der Waals surface area contributed by atoms with Crippen LogP contribution in [0.25, 0.3) is 0 Å². The van der Waals surface area contributed by atoms with Crippen LogP contribution < -0.4 is 4.90 Å². The summed E-state index contributed by atoms with van der Waals surface area (Å²) < 4.78 is 42.3. The molecule has 1 amide bonds. The molecule has 1 aromatic rings. The number of carbonyl (C=O) groups is 2. The van der Waals surface area contributed by atoms with E-state index in [1.54, 1.807) is 6.07 Å². The maximum atomic E-state index is 12.6. The summed E-state index contributed by atoms with van der Waals surface area (Å²) in [6.45, 7) is -0.172. The number of anilines is 1. The first kappa shape index (κ1) is 14.4. The number of rotatable bonds is 1. The SMILES string of the molecule is COC(=O)C1CCN(C(=O)C(F)(F)F)c2ccccc21. The van der Waals surface area contributed by atoms with Crippen molar-refractivity contribution in [1.82, 2.24) is 0 Å². The number of amides is 1. The Morgan fingerprint density at radius 3 is 2.55 bits per heavy atom. The number of fused-ring (bicyclic) bond motifs is 1. The predicted octanol–water partition coefficient (Wildman–Crippen LogP) is 2.24. The van der Waals surface area contributed by atoms with Gasteiger partial charge in [0, 0.05) is 12.2 Å². The highest BCUT2D eigenvalue weighted by Gasteiger charge is 2.45. The molecule has 0 spiro atoms. The summed E-state index contributed by atoms with van der Waals surface area (Å²) in [6.07, 6.45) is -4.84. The van der Waals surface area contributed by atoms with Crippen LogP contribution in [0.5, 0.6) is 0 Å². The Balaban J connectivity index is 2.42. The van der Waals surface area contributed by atoms with Crippen molar-refractivity contribution in [3.63, 3.8) is 0 Å². The normalized spacial score (nSPS) is 18.4. The minimum atomic E-state index is -4.94. The fourth-order valence-electron chi connectivity index (χ4n) is 2.31. The van der Waals surface area contributed by atoms with Gasteiger partial charge in [-0.05, 0) is 18.1 Å². The van der Waals surface area contributed by atoms with Crippen molar-refractivity contribution in [3.05, 3.63) is 29.8 Å². The highest BCUT2D eigenvalue weighted by molar-refractivity contribution is 5.99. The number of methoxy groups -OCH3 is 1. The maximum Gasteiger partial charge on any atom is 0.471 e. The molecule has 2 rings (SSSR count). The highest BCUT2D eigenvalue weighted by Crippen LogP contribution is 2.37. The molecule has 108 valence electrons. The molecular formula is C13H12F3NO3. The smallest absolute Gasteiger partial charge is 0.469 e. The first-order valence-electron chi connectivity index (χ1n) is 5.91. The average Bonchev–Trinajstić information content (AvgIpc) is 2.43. The first-order valence-corrected chi connectivity index (χ1v) is 5.91. The number of halogens is 3. The van der Waals surface area contributed by atoms with Crippen LogP contribution in [-0.2, 0) is 14.3 Å². The third-order valence-electron chi connectivity index (χ3n) is 3.22.